The fourth-order valence-electron chi connectivity index (χ4n) is 3.20. The summed E-state index contributed by atoms with van der Waals surface area (Å²) < 4.78 is 30.5. The van der Waals surface area contributed by atoms with Crippen LogP contribution in [0, 0.1) is 5.92 Å². The molecule has 0 aromatic carbocycles. The van der Waals surface area contributed by atoms with E-state index in [0.717, 1.165) is 6.42 Å². The summed E-state index contributed by atoms with van der Waals surface area (Å²) in [6.45, 7) is 8.82. The van der Waals surface area contributed by atoms with E-state index in [0.29, 0.717) is 31.9 Å². The summed E-state index contributed by atoms with van der Waals surface area (Å²) in [4.78, 5) is 0. The normalized spacial score (nSPS) is 20.4. The molecule has 0 spiro atoms. The van der Waals surface area contributed by atoms with Crippen molar-refractivity contribution in [2.75, 3.05) is 26.0 Å². The predicted octanol–water partition coefficient (Wildman–Crippen LogP) is 5.02. The maximum atomic E-state index is 13.4. The fourth-order valence-corrected chi connectivity index (χ4v) is 5.74. The van der Waals surface area contributed by atoms with Gasteiger partial charge in [0.2, 0.25) is 5.53 Å². The third kappa shape index (κ3) is 5.35. The molecule has 0 amide bonds. The van der Waals surface area contributed by atoms with Gasteiger partial charge in [0.25, 0.3) is 7.37 Å². The summed E-state index contributed by atoms with van der Waals surface area (Å²) in [5.74, 6) is 0.681. The SMILES string of the molecule is CCOC(C)(OCC)[P@@](=O)(CCC1CCCCC1)OCC. The minimum Gasteiger partial charge on any atom is -0.342 e. The van der Waals surface area contributed by atoms with E-state index in [2.05, 4.69) is 0 Å². The van der Waals surface area contributed by atoms with Gasteiger partial charge in [0, 0.05) is 19.4 Å². The average molecular weight is 320 g/mol. The first-order valence-electron chi connectivity index (χ1n) is 8.53. The van der Waals surface area contributed by atoms with Crippen LogP contribution in [0.2, 0.25) is 0 Å². The molecule has 1 atom stereocenters. The van der Waals surface area contributed by atoms with Crippen LogP contribution in [-0.4, -0.2) is 31.5 Å². The standard InChI is InChI=1S/C16H33O4P/c1-5-18-16(4,19-6-2)21(17,20-7-3)14-13-15-11-9-8-10-12-15/h15H,5-14H2,1-4H3/t21-/m1/s1. The Kier molecular flexibility index (Phi) is 8.48. The number of hydrogen-bond acceptors (Lipinski definition) is 4. The Labute approximate surface area is 130 Å². The topological polar surface area (TPSA) is 44.8 Å². The van der Waals surface area contributed by atoms with Crippen molar-refractivity contribution in [2.45, 2.75) is 71.7 Å². The van der Waals surface area contributed by atoms with Crippen LogP contribution in [0.4, 0.5) is 0 Å². The van der Waals surface area contributed by atoms with E-state index in [1.165, 1.54) is 32.1 Å². The summed E-state index contributed by atoms with van der Waals surface area (Å²) in [6.07, 6.45) is 7.97. The van der Waals surface area contributed by atoms with Crippen LogP contribution in [0.25, 0.3) is 0 Å². The minimum atomic E-state index is -2.99. The maximum Gasteiger partial charge on any atom is 0.260 e. The van der Waals surface area contributed by atoms with E-state index in [-0.39, 0.29) is 0 Å². The lowest BCUT2D eigenvalue weighted by Gasteiger charge is -2.37. The minimum absolute atomic E-state index is 0.428. The molecule has 126 valence electrons. The van der Waals surface area contributed by atoms with Crippen molar-refractivity contribution in [2.24, 2.45) is 5.92 Å². The molecule has 4 nitrogen and oxygen atoms in total. The van der Waals surface area contributed by atoms with Crippen LogP contribution in [0.3, 0.4) is 0 Å². The van der Waals surface area contributed by atoms with E-state index in [4.69, 9.17) is 14.0 Å². The smallest absolute Gasteiger partial charge is 0.260 e. The summed E-state index contributed by atoms with van der Waals surface area (Å²) in [6, 6.07) is 0. The van der Waals surface area contributed by atoms with Crippen molar-refractivity contribution in [3.63, 3.8) is 0 Å². The second-order valence-electron chi connectivity index (χ2n) is 5.87. The largest absolute Gasteiger partial charge is 0.342 e. The zero-order chi connectivity index (χ0) is 15.8. The van der Waals surface area contributed by atoms with Crippen LogP contribution < -0.4 is 0 Å². The first kappa shape index (κ1) is 19.2. The van der Waals surface area contributed by atoms with Crippen molar-refractivity contribution in [1.29, 1.82) is 0 Å². The van der Waals surface area contributed by atoms with Crippen LogP contribution in [-0.2, 0) is 18.6 Å². The lowest BCUT2D eigenvalue weighted by Crippen LogP contribution is -2.35. The molecule has 0 unspecified atom stereocenters. The molecule has 1 aliphatic rings. The third-order valence-corrected chi connectivity index (χ3v) is 7.36. The summed E-state index contributed by atoms with van der Waals surface area (Å²) in [5.41, 5.74) is -1.11. The van der Waals surface area contributed by atoms with Gasteiger partial charge in [0.1, 0.15) is 0 Å². The second-order valence-corrected chi connectivity index (χ2v) is 8.74. The van der Waals surface area contributed by atoms with Gasteiger partial charge in [-0.05, 0) is 40.0 Å². The molecular formula is C16H33O4P. The highest BCUT2D eigenvalue weighted by atomic mass is 31.2. The Morgan fingerprint density at radius 3 is 2.05 bits per heavy atom. The summed E-state index contributed by atoms with van der Waals surface area (Å²) in [7, 11) is -2.99. The second kappa shape index (κ2) is 9.29. The lowest BCUT2D eigenvalue weighted by atomic mass is 9.88. The Balaban J connectivity index is 2.75. The van der Waals surface area contributed by atoms with Crippen molar-refractivity contribution in [1.82, 2.24) is 0 Å². The molecule has 0 aromatic rings. The Morgan fingerprint density at radius 1 is 1.00 bits per heavy atom. The van der Waals surface area contributed by atoms with E-state index < -0.39 is 12.9 Å². The van der Waals surface area contributed by atoms with Crippen molar-refractivity contribution in [3.05, 3.63) is 0 Å². The predicted molar refractivity (Wildman–Crippen MR) is 86.9 cm³/mol. The van der Waals surface area contributed by atoms with Gasteiger partial charge in [-0.2, -0.15) is 0 Å². The molecule has 1 rings (SSSR count). The van der Waals surface area contributed by atoms with Gasteiger partial charge in [-0.25, -0.2) is 0 Å². The maximum absolute atomic E-state index is 13.4. The quantitative estimate of drug-likeness (QED) is 0.419. The van der Waals surface area contributed by atoms with Gasteiger partial charge in [0.15, 0.2) is 0 Å². The van der Waals surface area contributed by atoms with Crippen LogP contribution in [0.5, 0.6) is 0 Å². The third-order valence-electron chi connectivity index (χ3n) is 4.34. The van der Waals surface area contributed by atoms with Crippen molar-refractivity contribution >= 4 is 7.37 Å². The first-order chi connectivity index (χ1) is 10.0. The van der Waals surface area contributed by atoms with Crippen LogP contribution >= 0.6 is 7.37 Å². The van der Waals surface area contributed by atoms with Crippen molar-refractivity contribution in [3.8, 4) is 0 Å². The Bertz CT molecular complexity index is 320. The molecule has 21 heavy (non-hydrogen) atoms. The lowest BCUT2D eigenvalue weighted by molar-refractivity contribution is -0.168. The number of ether oxygens (including phenoxy) is 2. The molecule has 1 saturated carbocycles. The average Bonchev–Trinajstić information content (AvgIpc) is 2.47. The fraction of sp³-hybridized carbons (Fsp3) is 1.00. The first-order valence-corrected chi connectivity index (χ1v) is 10.3. The number of rotatable bonds is 10. The van der Waals surface area contributed by atoms with E-state index in [1.807, 2.05) is 20.8 Å². The molecule has 0 bridgehead atoms. The van der Waals surface area contributed by atoms with Gasteiger partial charge >= 0.3 is 0 Å². The Hall–Kier alpha value is 0.110. The van der Waals surface area contributed by atoms with Gasteiger partial charge in [-0.3, -0.25) is 4.57 Å². The highest BCUT2D eigenvalue weighted by Crippen LogP contribution is 2.61. The molecule has 1 fully saturated rings. The zero-order valence-corrected chi connectivity index (χ0v) is 15.1. The molecule has 5 heteroatoms. The molecule has 0 aromatic heterocycles. The monoisotopic (exact) mass is 320 g/mol. The summed E-state index contributed by atoms with van der Waals surface area (Å²) >= 11 is 0. The molecule has 0 radical (unpaired) electrons. The highest BCUT2D eigenvalue weighted by molar-refractivity contribution is 7.60. The van der Waals surface area contributed by atoms with E-state index in [9.17, 15) is 4.57 Å². The molecular weight excluding hydrogens is 287 g/mol. The molecule has 1 aliphatic carbocycles. The molecule has 0 heterocycles. The molecule has 0 N–H and O–H groups in total. The van der Waals surface area contributed by atoms with Gasteiger partial charge in [-0.1, -0.05) is 32.1 Å². The summed E-state index contributed by atoms with van der Waals surface area (Å²) in [5, 5.41) is 0. The van der Waals surface area contributed by atoms with Crippen molar-refractivity contribution < 1.29 is 18.6 Å². The zero-order valence-electron chi connectivity index (χ0n) is 14.2. The van der Waals surface area contributed by atoms with Gasteiger partial charge < -0.3 is 14.0 Å². The van der Waals surface area contributed by atoms with Gasteiger partial charge in [0.05, 0.1) is 6.61 Å². The number of hydrogen-bond donors (Lipinski definition) is 0. The van der Waals surface area contributed by atoms with Crippen LogP contribution in [0.1, 0.15) is 66.2 Å². The Morgan fingerprint density at radius 2 is 1.57 bits per heavy atom. The molecule has 0 saturated heterocycles. The molecule has 0 aliphatic heterocycles. The van der Waals surface area contributed by atoms with E-state index >= 15 is 0 Å². The van der Waals surface area contributed by atoms with Gasteiger partial charge in [-0.15, -0.1) is 0 Å². The highest BCUT2D eigenvalue weighted by Gasteiger charge is 2.47. The van der Waals surface area contributed by atoms with E-state index in [1.54, 1.807) is 6.92 Å². The van der Waals surface area contributed by atoms with Crippen LogP contribution in [0.15, 0.2) is 0 Å².